The average molecular weight is 467 g/mol. The first-order chi connectivity index (χ1) is 16.8. The maximum Gasteiger partial charge on any atom is 0.108 e. The lowest BCUT2D eigenvalue weighted by Crippen LogP contribution is -2.01. The van der Waals surface area contributed by atoms with Gasteiger partial charge in [0.2, 0.25) is 0 Å². The predicted molar refractivity (Wildman–Crippen MR) is 150 cm³/mol. The van der Waals surface area contributed by atoms with Gasteiger partial charge in [-0.05, 0) is 31.2 Å². The van der Waals surface area contributed by atoms with E-state index in [0.29, 0.717) is 0 Å². The Hall–Kier alpha value is -1.57. The summed E-state index contributed by atoms with van der Waals surface area (Å²) in [4.78, 5) is 4.91. The van der Waals surface area contributed by atoms with Crippen molar-refractivity contribution >= 4 is 0 Å². The Morgan fingerprint density at radius 3 is 1.65 bits per heavy atom. The number of imidazole rings is 1. The lowest BCUT2D eigenvalue weighted by atomic mass is 10.0. The maximum atomic E-state index is 4.91. The van der Waals surface area contributed by atoms with Crippen LogP contribution in [0.4, 0.5) is 0 Å². The Morgan fingerprint density at radius 2 is 1.12 bits per heavy atom. The van der Waals surface area contributed by atoms with Gasteiger partial charge < -0.3 is 4.57 Å². The summed E-state index contributed by atoms with van der Waals surface area (Å²) < 4.78 is 2.43. The lowest BCUT2D eigenvalue weighted by Gasteiger charge is -2.06. The fraction of sp³-hybridized carbons (Fsp3) is 0.719. The van der Waals surface area contributed by atoms with Crippen LogP contribution in [-0.2, 0) is 25.8 Å². The van der Waals surface area contributed by atoms with Crippen LogP contribution in [0.1, 0.15) is 140 Å². The Balaban J connectivity index is 1.43. The normalized spacial score (nSPS) is 11.4. The van der Waals surface area contributed by atoms with Gasteiger partial charge in [-0.25, -0.2) is 4.98 Å². The van der Waals surface area contributed by atoms with Crippen LogP contribution in [0.15, 0.2) is 36.5 Å². The van der Waals surface area contributed by atoms with Crippen LogP contribution in [-0.4, -0.2) is 9.55 Å². The van der Waals surface area contributed by atoms with Gasteiger partial charge in [-0.2, -0.15) is 0 Å². The number of hydrogen-bond acceptors (Lipinski definition) is 1. The molecule has 0 aliphatic carbocycles. The van der Waals surface area contributed by atoms with Gasteiger partial charge in [-0.15, -0.1) is 0 Å². The topological polar surface area (TPSA) is 17.8 Å². The highest BCUT2D eigenvalue weighted by Gasteiger charge is 2.06. The van der Waals surface area contributed by atoms with Crippen LogP contribution in [0, 0.1) is 0 Å². The van der Waals surface area contributed by atoms with Crippen molar-refractivity contribution in [2.75, 3.05) is 0 Å². The molecule has 2 heteroatoms. The highest BCUT2D eigenvalue weighted by Crippen LogP contribution is 2.15. The molecular formula is C32H54N2. The van der Waals surface area contributed by atoms with Crippen molar-refractivity contribution in [3.05, 3.63) is 53.6 Å². The van der Waals surface area contributed by atoms with E-state index in [0.717, 1.165) is 25.8 Å². The maximum absolute atomic E-state index is 4.91. The summed E-state index contributed by atoms with van der Waals surface area (Å²) in [6.07, 6.45) is 29.7. The van der Waals surface area contributed by atoms with E-state index in [1.54, 1.807) is 0 Å². The zero-order valence-corrected chi connectivity index (χ0v) is 22.7. The third-order valence-corrected chi connectivity index (χ3v) is 7.22. The largest absolute Gasteiger partial charge is 0.335 e. The van der Waals surface area contributed by atoms with Crippen molar-refractivity contribution in [1.29, 1.82) is 0 Å². The van der Waals surface area contributed by atoms with Crippen molar-refractivity contribution in [3.8, 4) is 0 Å². The molecule has 1 aromatic heterocycles. The first-order valence-electron chi connectivity index (χ1n) is 14.9. The van der Waals surface area contributed by atoms with E-state index < -0.39 is 0 Å². The molecule has 2 rings (SSSR count). The SMILES string of the molecule is CCCCCCCCCCCCCCCCCCn1cc(CCCc2ccccc2)nc1CC. The van der Waals surface area contributed by atoms with E-state index in [4.69, 9.17) is 4.98 Å². The number of aromatic nitrogens is 2. The molecule has 0 unspecified atom stereocenters. The smallest absolute Gasteiger partial charge is 0.108 e. The Labute approximate surface area is 212 Å². The minimum atomic E-state index is 1.04. The molecule has 0 atom stereocenters. The second-order valence-corrected chi connectivity index (χ2v) is 10.3. The van der Waals surface area contributed by atoms with E-state index in [9.17, 15) is 0 Å². The molecule has 34 heavy (non-hydrogen) atoms. The van der Waals surface area contributed by atoms with Crippen molar-refractivity contribution in [2.24, 2.45) is 0 Å². The van der Waals surface area contributed by atoms with Crippen LogP contribution >= 0.6 is 0 Å². The molecule has 0 spiro atoms. The molecule has 0 saturated carbocycles. The molecule has 1 aromatic carbocycles. The standard InChI is InChI=1S/C32H54N2/c1-3-5-6-7-8-9-10-11-12-13-14-15-16-17-18-22-28-34-29-31(33-32(34)4-2)27-23-26-30-24-20-19-21-25-30/h19-21,24-25,29H,3-18,22-23,26-28H2,1-2H3. The Bertz CT molecular complexity index is 703. The summed E-state index contributed by atoms with van der Waals surface area (Å²) >= 11 is 0. The molecule has 0 saturated heterocycles. The molecule has 0 N–H and O–H groups in total. The number of nitrogens with zero attached hydrogens (tertiary/aromatic N) is 2. The van der Waals surface area contributed by atoms with Gasteiger partial charge in [-0.1, -0.05) is 140 Å². The van der Waals surface area contributed by atoms with Crippen molar-refractivity contribution in [3.63, 3.8) is 0 Å². The lowest BCUT2D eigenvalue weighted by molar-refractivity contribution is 0.518. The predicted octanol–water partition coefficient (Wildman–Crippen LogP) is 9.88. The molecule has 0 aliphatic heterocycles. The summed E-state index contributed by atoms with van der Waals surface area (Å²) in [5, 5.41) is 0. The zero-order valence-electron chi connectivity index (χ0n) is 22.7. The summed E-state index contributed by atoms with van der Waals surface area (Å²) in [5.74, 6) is 1.27. The third-order valence-electron chi connectivity index (χ3n) is 7.22. The van der Waals surface area contributed by atoms with Gasteiger partial charge in [0, 0.05) is 19.2 Å². The molecule has 0 bridgehead atoms. The third kappa shape index (κ3) is 13.4. The van der Waals surface area contributed by atoms with Gasteiger partial charge in [0.15, 0.2) is 0 Å². The van der Waals surface area contributed by atoms with Crippen molar-refractivity contribution in [1.82, 2.24) is 9.55 Å². The molecule has 2 aromatic rings. The van der Waals surface area contributed by atoms with Gasteiger partial charge in [0.05, 0.1) is 5.69 Å². The molecule has 1 heterocycles. The molecule has 192 valence electrons. The quantitative estimate of drug-likeness (QED) is 0.158. The number of hydrogen-bond donors (Lipinski definition) is 0. The molecule has 0 amide bonds. The highest BCUT2D eigenvalue weighted by molar-refractivity contribution is 5.15. The van der Waals surface area contributed by atoms with Crippen LogP contribution in [0.5, 0.6) is 0 Å². The molecular weight excluding hydrogens is 412 g/mol. The van der Waals surface area contributed by atoms with Gasteiger partial charge in [0.1, 0.15) is 5.82 Å². The van der Waals surface area contributed by atoms with E-state index in [2.05, 4.69) is 54.9 Å². The van der Waals surface area contributed by atoms with Crippen LogP contribution < -0.4 is 0 Å². The first-order valence-corrected chi connectivity index (χ1v) is 14.9. The summed E-state index contributed by atoms with van der Waals surface area (Å²) in [7, 11) is 0. The van der Waals surface area contributed by atoms with E-state index >= 15 is 0 Å². The Kier molecular flexibility index (Phi) is 16.6. The average Bonchev–Trinajstić information content (AvgIpc) is 3.26. The van der Waals surface area contributed by atoms with Crippen LogP contribution in [0.3, 0.4) is 0 Å². The number of unbranched alkanes of at least 4 members (excludes halogenated alkanes) is 15. The summed E-state index contributed by atoms with van der Waals surface area (Å²) in [5.41, 5.74) is 2.72. The van der Waals surface area contributed by atoms with E-state index in [1.165, 1.54) is 126 Å². The monoisotopic (exact) mass is 466 g/mol. The molecule has 2 nitrogen and oxygen atoms in total. The zero-order chi connectivity index (χ0) is 24.1. The van der Waals surface area contributed by atoms with Crippen molar-refractivity contribution < 1.29 is 0 Å². The van der Waals surface area contributed by atoms with Crippen LogP contribution in [0.2, 0.25) is 0 Å². The first kappa shape index (κ1) is 28.7. The Morgan fingerprint density at radius 1 is 0.588 bits per heavy atom. The summed E-state index contributed by atoms with van der Waals surface area (Å²) in [6.45, 7) is 5.68. The number of rotatable bonds is 22. The second-order valence-electron chi connectivity index (χ2n) is 10.3. The summed E-state index contributed by atoms with van der Waals surface area (Å²) in [6, 6.07) is 10.8. The molecule has 0 radical (unpaired) electrons. The second kappa shape index (κ2) is 19.7. The number of benzene rings is 1. The molecule has 0 aliphatic rings. The van der Waals surface area contributed by atoms with E-state index in [-0.39, 0.29) is 0 Å². The number of aryl methyl sites for hydroxylation is 4. The fourth-order valence-corrected chi connectivity index (χ4v) is 5.06. The van der Waals surface area contributed by atoms with Gasteiger partial charge in [0.25, 0.3) is 0 Å². The fourth-order valence-electron chi connectivity index (χ4n) is 5.06. The minimum Gasteiger partial charge on any atom is -0.335 e. The van der Waals surface area contributed by atoms with Gasteiger partial charge in [-0.3, -0.25) is 0 Å². The van der Waals surface area contributed by atoms with Crippen LogP contribution in [0.25, 0.3) is 0 Å². The van der Waals surface area contributed by atoms with Gasteiger partial charge >= 0.3 is 0 Å². The van der Waals surface area contributed by atoms with Crippen molar-refractivity contribution in [2.45, 2.75) is 149 Å². The molecule has 0 fully saturated rings. The van der Waals surface area contributed by atoms with E-state index in [1.807, 2.05) is 0 Å². The highest BCUT2D eigenvalue weighted by atomic mass is 15.1. The minimum absolute atomic E-state index is 1.04.